The Labute approximate surface area is 128 Å². The predicted octanol–water partition coefficient (Wildman–Crippen LogP) is 1.73. The van der Waals surface area contributed by atoms with Crippen molar-refractivity contribution < 1.29 is 4.74 Å². The molecule has 0 atom stereocenters. The molecule has 0 amide bonds. The Bertz CT molecular complexity index is 413. The van der Waals surface area contributed by atoms with Crippen LogP contribution in [0, 0.1) is 0 Å². The fraction of sp³-hybridized carbons (Fsp3) is 0.688. The Morgan fingerprint density at radius 3 is 2.90 bits per heavy atom. The van der Waals surface area contributed by atoms with Gasteiger partial charge in [0.15, 0.2) is 11.6 Å². The molecule has 0 saturated carbocycles. The minimum atomic E-state index is 0.813. The van der Waals surface area contributed by atoms with Crippen molar-refractivity contribution in [3.8, 4) is 5.75 Å². The highest BCUT2D eigenvalue weighted by molar-refractivity contribution is 5.52. The molecule has 0 aromatic carbocycles. The zero-order valence-electron chi connectivity index (χ0n) is 13.1. The minimum absolute atomic E-state index is 0.813. The van der Waals surface area contributed by atoms with Crippen molar-refractivity contribution in [3.05, 3.63) is 18.3 Å². The Morgan fingerprint density at radius 1 is 1.19 bits per heavy atom. The molecule has 1 saturated heterocycles. The zero-order valence-corrected chi connectivity index (χ0v) is 13.1. The number of nitrogens with two attached hydrogens (primary N) is 1. The van der Waals surface area contributed by atoms with E-state index in [0.29, 0.717) is 0 Å². The van der Waals surface area contributed by atoms with Crippen LogP contribution >= 0.6 is 0 Å². The summed E-state index contributed by atoms with van der Waals surface area (Å²) in [5.74, 6) is 1.85. The molecular formula is C16H28N4O. The van der Waals surface area contributed by atoms with Crippen LogP contribution in [-0.4, -0.2) is 56.3 Å². The summed E-state index contributed by atoms with van der Waals surface area (Å²) in [5.41, 5.74) is 5.54. The van der Waals surface area contributed by atoms with Crippen LogP contribution in [0.1, 0.15) is 25.7 Å². The minimum Gasteiger partial charge on any atom is -0.493 e. The third-order valence-corrected chi connectivity index (χ3v) is 4.04. The lowest BCUT2D eigenvalue weighted by molar-refractivity contribution is 0.286. The van der Waals surface area contributed by atoms with Crippen molar-refractivity contribution in [3.63, 3.8) is 0 Å². The molecule has 118 valence electrons. The standard InChI is InChI=1S/C16H28N4O/c1-21-15-7-5-9-18-16(15)20-12-6-11-19(13-14-20)10-4-2-3-8-17/h5,7,9H,2-4,6,8,10-14,17H2,1H3. The second-order valence-electron chi connectivity index (χ2n) is 5.56. The molecule has 0 spiro atoms. The summed E-state index contributed by atoms with van der Waals surface area (Å²) in [5, 5.41) is 0. The number of aromatic nitrogens is 1. The fourth-order valence-corrected chi connectivity index (χ4v) is 2.84. The fourth-order valence-electron chi connectivity index (χ4n) is 2.84. The maximum atomic E-state index is 5.54. The number of methoxy groups -OCH3 is 1. The molecule has 5 nitrogen and oxygen atoms in total. The third-order valence-electron chi connectivity index (χ3n) is 4.04. The van der Waals surface area contributed by atoms with E-state index < -0.39 is 0 Å². The molecule has 1 aliphatic rings. The summed E-state index contributed by atoms with van der Waals surface area (Å²) < 4.78 is 5.43. The second-order valence-corrected chi connectivity index (χ2v) is 5.56. The summed E-state index contributed by atoms with van der Waals surface area (Å²) in [4.78, 5) is 9.40. The smallest absolute Gasteiger partial charge is 0.171 e. The van der Waals surface area contributed by atoms with Gasteiger partial charge < -0.3 is 20.3 Å². The molecule has 21 heavy (non-hydrogen) atoms. The quantitative estimate of drug-likeness (QED) is 0.776. The zero-order chi connectivity index (χ0) is 14.9. The normalized spacial score (nSPS) is 16.8. The van der Waals surface area contributed by atoms with Crippen LogP contribution in [0.4, 0.5) is 5.82 Å². The van der Waals surface area contributed by atoms with Crippen LogP contribution in [0.3, 0.4) is 0 Å². The predicted molar refractivity (Wildman–Crippen MR) is 87.0 cm³/mol. The lowest BCUT2D eigenvalue weighted by atomic mass is 10.2. The molecular weight excluding hydrogens is 264 g/mol. The van der Waals surface area contributed by atoms with Crippen LogP contribution in [0.15, 0.2) is 18.3 Å². The van der Waals surface area contributed by atoms with Gasteiger partial charge in [0.1, 0.15) is 0 Å². The average molecular weight is 292 g/mol. The van der Waals surface area contributed by atoms with Gasteiger partial charge in [-0.25, -0.2) is 4.98 Å². The van der Waals surface area contributed by atoms with E-state index in [2.05, 4.69) is 14.8 Å². The van der Waals surface area contributed by atoms with E-state index in [-0.39, 0.29) is 0 Å². The van der Waals surface area contributed by atoms with Gasteiger partial charge in [0, 0.05) is 25.8 Å². The number of hydrogen-bond donors (Lipinski definition) is 1. The molecule has 5 heteroatoms. The van der Waals surface area contributed by atoms with Gasteiger partial charge in [-0.05, 0) is 51.0 Å². The van der Waals surface area contributed by atoms with E-state index in [1.54, 1.807) is 7.11 Å². The number of hydrogen-bond acceptors (Lipinski definition) is 5. The Balaban J connectivity index is 1.85. The maximum Gasteiger partial charge on any atom is 0.171 e. The third kappa shape index (κ3) is 4.86. The van der Waals surface area contributed by atoms with Gasteiger partial charge in [-0.2, -0.15) is 0 Å². The van der Waals surface area contributed by atoms with Crippen LogP contribution in [0.5, 0.6) is 5.75 Å². The van der Waals surface area contributed by atoms with E-state index in [4.69, 9.17) is 10.5 Å². The summed E-state index contributed by atoms with van der Waals surface area (Å²) in [7, 11) is 1.71. The van der Waals surface area contributed by atoms with Gasteiger partial charge in [0.05, 0.1) is 7.11 Å². The van der Waals surface area contributed by atoms with E-state index in [1.807, 2.05) is 18.3 Å². The number of ether oxygens (including phenoxy) is 1. The first kappa shape index (κ1) is 16.0. The molecule has 0 unspecified atom stereocenters. The molecule has 1 aliphatic heterocycles. The van der Waals surface area contributed by atoms with E-state index in [0.717, 1.165) is 44.2 Å². The summed E-state index contributed by atoms with van der Waals surface area (Å²) >= 11 is 0. The van der Waals surface area contributed by atoms with Gasteiger partial charge in [0.25, 0.3) is 0 Å². The van der Waals surface area contributed by atoms with E-state index >= 15 is 0 Å². The molecule has 2 rings (SSSR count). The maximum absolute atomic E-state index is 5.54. The van der Waals surface area contributed by atoms with Crippen molar-refractivity contribution >= 4 is 5.82 Å². The Morgan fingerprint density at radius 2 is 2.10 bits per heavy atom. The van der Waals surface area contributed by atoms with Gasteiger partial charge in [-0.15, -0.1) is 0 Å². The van der Waals surface area contributed by atoms with Crippen LogP contribution in [0.25, 0.3) is 0 Å². The highest BCUT2D eigenvalue weighted by atomic mass is 16.5. The highest BCUT2D eigenvalue weighted by Gasteiger charge is 2.18. The summed E-state index contributed by atoms with van der Waals surface area (Å²) in [6, 6.07) is 3.90. The second kappa shape index (κ2) is 8.85. The topological polar surface area (TPSA) is 54.6 Å². The molecule has 0 radical (unpaired) electrons. The molecule has 2 heterocycles. The molecule has 0 bridgehead atoms. The van der Waals surface area contributed by atoms with Crippen molar-refractivity contribution in [2.75, 3.05) is 51.3 Å². The van der Waals surface area contributed by atoms with Crippen LogP contribution in [-0.2, 0) is 0 Å². The molecule has 1 fully saturated rings. The first-order chi connectivity index (χ1) is 10.3. The number of pyridine rings is 1. The molecule has 0 aliphatic carbocycles. The largest absolute Gasteiger partial charge is 0.493 e. The van der Waals surface area contributed by atoms with Crippen molar-refractivity contribution in [2.45, 2.75) is 25.7 Å². The first-order valence-corrected chi connectivity index (χ1v) is 8.01. The van der Waals surface area contributed by atoms with Crippen LogP contribution < -0.4 is 15.4 Å². The Kier molecular flexibility index (Phi) is 6.76. The Hall–Kier alpha value is -1.33. The lowest BCUT2D eigenvalue weighted by Crippen LogP contribution is -2.32. The first-order valence-electron chi connectivity index (χ1n) is 8.01. The van der Waals surface area contributed by atoms with Crippen molar-refractivity contribution in [1.82, 2.24) is 9.88 Å². The average Bonchev–Trinajstić information content (AvgIpc) is 2.77. The molecule has 2 N–H and O–H groups in total. The van der Waals surface area contributed by atoms with E-state index in [9.17, 15) is 0 Å². The summed E-state index contributed by atoms with van der Waals surface area (Å²) in [6.07, 6.45) is 6.66. The molecule has 1 aromatic heterocycles. The number of anilines is 1. The van der Waals surface area contributed by atoms with Crippen LogP contribution in [0.2, 0.25) is 0 Å². The number of rotatable bonds is 7. The molecule has 1 aromatic rings. The highest BCUT2D eigenvalue weighted by Crippen LogP contribution is 2.25. The van der Waals surface area contributed by atoms with Crippen molar-refractivity contribution in [2.24, 2.45) is 5.73 Å². The number of nitrogens with zero attached hydrogens (tertiary/aromatic N) is 3. The van der Waals surface area contributed by atoms with Gasteiger partial charge >= 0.3 is 0 Å². The monoisotopic (exact) mass is 292 g/mol. The van der Waals surface area contributed by atoms with Gasteiger partial charge in [0.2, 0.25) is 0 Å². The van der Waals surface area contributed by atoms with Crippen molar-refractivity contribution in [1.29, 1.82) is 0 Å². The van der Waals surface area contributed by atoms with Gasteiger partial charge in [-0.1, -0.05) is 6.42 Å². The van der Waals surface area contributed by atoms with Gasteiger partial charge in [-0.3, -0.25) is 0 Å². The summed E-state index contributed by atoms with van der Waals surface area (Å²) in [6.45, 7) is 6.34. The number of unbranched alkanes of at least 4 members (excludes halogenated alkanes) is 2. The SMILES string of the molecule is COc1cccnc1N1CCCN(CCCCCN)CC1. The lowest BCUT2D eigenvalue weighted by Gasteiger charge is -2.24. The van der Waals surface area contributed by atoms with E-state index in [1.165, 1.54) is 32.4 Å².